The van der Waals surface area contributed by atoms with Crippen molar-refractivity contribution < 1.29 is 14.7 Å². The maximum atomic E-state index is 12.8. The van der Waals surface area contributed by atoms with Crippen molar-refractivity contribution in [3.8, 4) is 0 Å². The maximum Gasteiger partial charge on any atom is 0.322 e. The minimum Gasteiger partial charge on any atom is -0.480 e. The van der Waals surface area contributed by atoms with Crippen LogP contribution >= 0.6 is 0 Å². The van der Waals surface area contributed by atoms with E-state index in [4.69, 9.17) is 0 Å². The summed E-state index contributed by atoms with van der Waals surface area (Å²) in [6.45, 7) is 5.45. The van der Waals surface area contributed by atoms with E-state index in [0.29, 0.717) is 18.7 Å². The molecule has 1 aliphatic rings. The smallest absolute Gasteiger partial charge is 0.322 e. The first-order chi connectivity index (χ1) is 11.3. The van der Waals surface area contributed by atoms with Crippen molar-refractivity contribution in [2.75, 3.05) is 26.7 Å². The highest BCUT2D eigenvalue weighted by atomic mass is 16.4. The Bertz CT molecular complexity index is 825. The Morgan fingerprint density at radius 2 is 1.88 bits per heavy atom. The van der Waals surface area contributed by atoms with Gasteiger partial charge in [-0.05, 0) is 44.7 Å². The Kier molecular flexibility index (Phi) is 4.09. The quantitative estimate of drug-likeness (QED) is 0.909. The molecular formula is C18H23N3O3. The average Bonchev–Trinajstić information content (AvgIpc) is 2.78. The summed E-state index contributed by atoms with van der Waals surface area (Å²) in [7, 11) is 3.80. The van der Waals surface area contributed by atoms with E-state index in [1.807, 2.05) is 25.2 Å². The summed E-state index contributed by atoms with van der Waals surface area (Å²) >= 11 is 0. The van der Waals surface area contributed by atoms with Crippen LogP contribution in [0.3, 0.4) is 0 Å². The molecule has 2 aromatic rings. The summed E-state index contributed by atoms with van der Waals surface area (Å²) in [5.74, 6) is -0.989. The van der Waals surface area contributed by atoms with Crippen LogP contribution in [-0.4, -0.2) is 64.1 Å². The van der Waals surface area contributed by atoms with Crippen molar-refractivity contribution in [2.45, 2.75) is 19.9 Å². The molecule has 1 fully saturated rings. The first kappa shape index (κ1) is 16.5. The second-order valence-electron chi connectivity index (χ2n) is 6.59. The molecule has 6 heteroatoms. The number of aliphatic carboxylic acids is 1. The summed E-state index contributed by atoms with van der Waals surface area (Å²) in [5.41, 5.74) is 4.07. The predicted octanol–water partition coefficient (Wildman–Crippen LogP) is 1.64. The number of aromatic nitrogens is 1. The molecule has 1 N–H and O–H groups in total. The molecule has 0 spiro atoms. The number of rotatable bonds is 2. The molecule has 1 saturated heterocycles. The molecule has 24 heavy (non-hydrogen) atoms. The van der Waals surface area contributed by atoms with Crippen molar-refractivity contribution in [3.63, 3.8) is 0 Å². The van der Waals surface area contributed by atoms with Crippen LogP contribution < -0.4 is 0 Å². The Balaban J connectivity index is 1.91. The molecule has 1 unspecified atom stereocenters. The summed E-state index contributed by atoms with van der Waals surface area (Å²) in [5, 5.41) is 10.4. The number of hydrogen-bond donors (Lipinski definition) is 1. The van der Waals surface area contributed by atoms with E-state index < -0.39 is 12.0 Å². The molecule has 1 atom stereocenters. The van der Waals surface area contributed by atoms with Crippen LogP contribution in [0.15, 0.2) is 18.2 Å². The van der Waals surface area contributed by atoms with Crippen molar-refractivity contribution in [1.29, 1.82) is 0 Å². The third kappa shape index (κ3) is 2.57. The Morgan fingerprint density at radius 1 is 1.17 bits per heavy atom. The van der Waals surface area contributed by atoms with E-state index in [0.717, 1.165) is 10.9 Å². The summed E-state index contributed by atoms with van der Waals surface area (Å²) in [4.78, 5) is 27.6. The number of carbonyl (C=O) groups is 2. The van der Waals surface area contributed by atoms with E-state index in [1.165, 1.54) is 11.3 Å². The monoisotopic (exact) mass is 329 g/mol. The predicted molar refractivity (Wildman–Crippen MR) is 92.4 cm³/mol. The number of piperazine rings is 1. The number of benzene rings is 1. The van der Waals surface area contributed by atoms with E-state index in [1.54, 1.807) is 16.8 Å². The molecule has 2 heterocycles. The van der Waals surface area contributed by atoms with Gasteiger partial charge in [-0.1, -0.05) is 0 Å². The molecule has 0 saturated carbocycles. The Morgan fingerprint density at radius 3 is 2.54 bits per heavy atom. The Hall–Kier alpha value is -2.34. The molecule has 0 bridgehead atoms. The molecule has 1 aromatic heterocycles. The molecule has 3 rings (SSSR count). The van der Waals surface area contributed by atoms with E-state index >= 15 is 0 Å². The third-order valence-corrected chi connectivity index (χ3v) is 5.27. The van der Waals surface area contributed by atoms with E-state index in [-0.39, 0.29) is 12.5 Å². The number of nitrogens with zero attached hydrogens (tertiary/aromatic N) is 3. The lowest BCUT2D eigenvalue weighted by Crippen LogP contribution is -2.56. The van der Waals surface area contributed by atoms with Crippen LogP contribution in [0.2, 0.25) is 0 Å². The van der Waals surface area contributed by atoms with Gasteiger partial charge in [-0.25, -0.2) is 0 Å². The SMILES string of the molecule is Cc1c(C)n(C)c2ccc(C(=O)N3CCN(C)C(C(=O)O)C3)cc12. The number of fused-ring (bicyclic) bond motifs is 1. The van der Waals surface area contributed by atoms with Crippen molar-refractivity contribution in [1.82, 2.24) is 14.4 Å². The average molecular weight is 329 g/mol. The van der Waals surface area contributed by atoms with Gasteiger partial charge in [0.15, 0.2) is 0 Å². The van der Waals surface area contributed by atoms with Crippen LogP contribution in [0.5, 0.6) is 0 Å². The van der Waals surface area contributed by atoms with Crippen LogP contribution in [-0.2, 0) is 11.8 Å². The normalized spacial score (nSPS) is 19.0. The van der Waals surface area contributed by atoms with Gasteiger partial charge in [-0.15, -0.1) is 0 Å². The molecule has 0 radical (unpaired) electrons. The number of hydrogen-bond acceptors (Lipinski definition) is 3. The summed E-state index contributed by atoms with van der Waals surface area (Å²) < 4.78 is 2.12. The highest BCUT2D eigenvalue weighted by Gasteiger charge is 2.32. The first-order valence-electron chi connectivity index (χ1n) is 8.09. The van der Waals surface area contributed by atoms with Gasteiger partial charge in [-0.2, -0.15) is 0 Å². The minimum atomic E-state index is -0.889. The van der Waals surface area contributed by atoms with Crippen LogP contribution in [0, 0.1) is 13.8 Å². The van der Waals surface area contributed by atoms with Gasteiger partial charge >= 0.3 is 5.97 Å². The lowest BCUT2D eigenvalue weighted by Gasteiger charge is -2.37. The number of likely N-dealkylation sites (N-methyl/N-ethyl adjacent to an activating group) is 1. The molecule has 0 aliphatic carbocycles. The second-order valence-corrected chi connectivity index (χ2v) is 6.59. The molecule has 1 amide bonds. The first-order valence-corrected chi connectivity index (χ1v) is 8.09. The number of aryl methyl sites for hydroxylation is 2. The zero-order valence-electron chi connectivity index (χ0n) is 14.5. The third-order valence-electron chi connectivity index (χ3n) is 5.27. The van der Waals surface area contributed by atoms with Gasteiger partial charge in [0.25, 0.3) is 5.91 Å². The highest BCUT2D eigenvalue weighted by Crippen LogP contribution is 2.26. The molecular weight excluding hydrogens is 306 g/mol. The maximum absolute atomic E-state index is 12.8. The fourth-order valence-corrected chi connectivity index (χ4v) is 3.40. The molecule has 128 valence electrons. The fraction of sp³-hybridized carbons (Fsp3) is 0.444. The van der Waals surface area contributed by atoms with Gasteiger partial charge in [-0.3, -0.25) is 14.5 Å². The summed E-state index contributed by atoms with van der Waals surface area (Å²) in [6, 6.07) is 5.08. The second kappa shape index (κ2) is 5.94. The van der Waals surface area contributed by atoms with Crippen molar-refractivity contribution in [2.24, 2.45) is 7.05 Å². The van der Waals surface area contributed by atoms with Crippen molar-refractivity contribution >= 4 is 22.8 Å². The molecule has 1 aromatic carbocycles. The highest BCUT2D eigenvalue weighted by molar-refractivity contribution is 5.99. The zero-order chi connectivity index (χ0) is 17.6. The van der Waals surface area contributed by atoms with E-state index in [9.17, 15) is 14.7 Å². The topological polar surface area (TPSA) is 65.8 Å². The van der Waals surface area contributed by atoms with Gasteiger partial charge < -0.3 is 14.6 Å². The number of carboxylic acid groups (broad SMARTS) is 1. The van der Waals surface area contributed by atoms with Crippen LogP contribution in [0.25, 0.3) is 10.9 Å². The number of carbonyl (C=O) groups excluding carboxylic acids is 1. The standard InChI is InChI=1S/C18H23N3O3/c1-11-12(2)20(4)15-6-5-13(9-14(11)15)17(22)21-8-7-19(3)16(10-21)18(23)24/h5-6,9,16H,7-8,10H2,1-4H3,(H,23,24). The Labute approximate surface area is 141 Å². The lowest BCUT2D eigenvalue weighted by molar-refractivity contribution is -0.144. The van der Waals surface area contributed by atoms with Gasteiger partial charge in [0.2, 0.25) is 0 Å². The van der Waals surface area contributed by atoms with Gasteiger partial charge in [0, 0.05) is 48.8 Å². The van der Waals surface area contributed by atoms with Crippen LogP contribution in [0.1, 0.15) is 21.6 Å². The minimum absolute atomic E-state index is 0.0999. The lowest BCUT2D eigenvalue weighted by atomic mass is 10.1. The zero-order valence-corrected chi connectivity index (χ0v) is 14.5. The van der Waals surface area contributed by atoms with E-state index in [2.05, 4.69) is 18.4 Å². The largest absolute Gasteiger partial charge is 0.480 e. The number of amides is 1. The molecule has 6 nitrogen and oxygen atoms in total. The van der Waals surface area contributed by atoms with Gasteiger partial charge in [0.1, 0.15) is 6.04 Å². The van der Waals surface area contributed by atoms with Crippen molar-refractivity contribution in [3.05, 3.63) is 35.0 Å². The number of carboxylic acids is 1. The molecule has 1 aliphatic heterocycles. The van der Waals surface area contributed by atoms with Crippen LogP contribution in [0.4, 0.5) is 0 Å². The summed E-state index contributed by atoms with van der Waals surface area (Å²) in [6.07, 6.45) is 0. The fourth-order valence-electron chi connectivity index (χ4n) is 3.40. The van der Waals surface area contributed by atoms with Gasteiger partial charge in [0.05, 0.1) is 0 Å².